The molecule has 6 N–H and O–H groups in total. The normalized spacial score (nSPS) is 39.6. The zero-order valence-corrected chi connectivity index (χ0v) is 73.5. The molecule has 12 atom stereocenters. The number of rotatable bonds is 24. The van der Waals surface area contributed by atoms with Crippen molar-refractivity contribution in [2.45, 2.75) is 73.7 Å². The van der Waals surface area contributed by atoms with Gasteiger partial charge in [0.1, 0.15) is 85.8 Å². The van der Waals surface area contributed by atoms with Gasteiger partial charge in [-0.05, 0) is 292 Å². The number of hydrogen-bond donors (Lipinski definition) is 6. The van der Waals surface area contributed by atoms with Crippen LogP contribution in [-0.4, -0.2) is 158 Å². The molecule has 12 aliphatic heterocycles. The lowest BCUT2D eigenvalue weighted by atomic mass is 9.81. The first-order chi connectivity index (χ1) is 97.9. The Hall–Kier alpha value is -13.6. The third-order valence-corrected chi connectivity index (χ3v) is 20.7. The second-order valence-electron chi connectivity index (χ2n) is 29.9. The van der Waals surface area contributed by atoms with Crippen molar-refractivity contribution in [2.24, 2.45) is 35.4 Å². The van der Waals surface area contributed by atoms with Crippen molar-refractivity contribution in [1.29, 1.82) is 0 Å². The van der Waals surface area contributed by atoms with Crippen LogP contribution in [0.25, 0.3) is 0 Å². The molecule has 6 saturated heterocycles. The van der Waals surface area contributed by atoms with Gasteiger partial charge in [-0.25, -0.2) is 26.3 Å². The van der Waals surface area contributed by atoms with Crippen LogP contribution in [0.2, 0.25) is 0 Å². The Morgan fingerprint density at radius 1 is 0.257 bits per heavy atom. The van der Waals surface area contributed by atoms with Crippen LogP contribution in [0.1, 0.15) is 204 Å². The van der Waals surface area contributed by atoms with Crippen molar-refractivity contribution in [3.05, 3.63) is 322 Å². The molecule has 756 valence electrons. The largest absolute Gasteiger partial charge is 0.493 e. The summed E-state index contributed by atoms with van der Waals surface area (Å²) in [6, 6.07) is -3.12. The zero-order valence-electron chi connectivity index (χ0n) is 144. The summed E-state index contributed by atoms with van der Waals surface area (Å²) < 4.78 is 759. The zero-order chi connectivity index (χ0) is 161. The molecular formula is C114H120F6N6O18. The van der Waals surface area contributed by atoms with Gasteiger partial charge in [0, 0.05) is 153 Å². The van der Waals surface area contributed by atoms with Gasteiger partial charge in [-0.1, -0.05) is 72.5 Å². The second kappa shape index (κ2) is 49.1. The monoisotopic (exact) mass is 2050 g/mol. The van der Waals surface area contributed by atoms with Crippen LogP contribution in [0.5, 0.6) is 103 Å². The van der Waals surface area contributed by atoms with Gasteiger partial charge in [0.15, 0.2) is 69.0 Å². The van der Waals surface area contributed by atoms with Gasteiger partial charge < -0.3 is 117 Å². The van der Waals surface area contributed by atoms with Gasteiger partial charge in [0.25, 0.3) is 0 Å². The van der Waals surface area contributed by atoms with Crippen LogP contribution >= 0.6 is 0 Å². The lowest BCUT2D eigenvalue weighted by molar-refractivity contribution is 0.173. The summed E-state index contributed by atoms with van der Waals surface area (Å²) in [5, 5.41) is 13.2. The highest BCUT2D eigenvalue weighted by molar-refractivity contribution is 5.52. The van der Waals surface area contributed by atoms with Crippen molar-refractivity contribution in [2.75, 3.05) is 158 Å². The predicted molar refractivity (Wildman–Crippen MR) is 529 cm³/mol. The lowest BCUT2D eigenvalue weighted by Gasteiger charge is -2.32. The molecule has 0 amide bonds. The number of halogens is 6. The van der Waals surface area contributed by atoms with Crippen LogP contribution in [-0.2, 0) is 0 Å². The highest BCUT2D eigenvalue weighted by atomic mass is 19.1. The van der Waals surface area contributed by atoms with Crippen molar-refractivity contribution in [1.82, 2.24) is 31.9 Å². The summed E-state index contributed by atoms with van der Waals surface area (Å²) in [5.74, 6) is -39.6. The Morgan fingerprint density at radius 2 is 0.514 bits per heavy atom. The lowest BCUT2D eigenvalue weighted by Crippen LogP contribution is -2.38. The van der Waals surface area contributed by atoms with Gasteiger partial charge in [-0.2, -0.15) is 0 Å². The van der Waals surface area contributed by atoms with Gasteiger partial charge in [-0.15, -0.1) is 0 Å². The van der Waals surface area contributed by atoms with E-state index in [0.29, 0.717) is 0 Å². The number of fused-ring (bicyclic) bond motifs is 6. The molecule has 24 rings (SSSR count). The molecule has 0 aliphatic carbocycles. The third-order valence-electron chi connectivity index (χ3n) is 20.7. The minimum absolute atomic E-state index is 0.00214. The van der Waals surface area contributed by atoms with Crippen LogP contribution in [0, 0.1) is 70.3 Å². The van der Waals surface area contributed by atoms with Crippen LogP contribution in [0.15, 0.2) is 254 Å². The van der Waals surface area contributed by atoms with E-state index < -0.39 is 474 Å². The summed E-state index contributed by atoms with van der Waals surface area (Å²) in [5.41, 5.74) is -4.81. The number of ether oxygens (including phenoxy) is 18. The fraction of sp³-hybridized carbons (Fsp3) is 0.368. The Labute approximate surface area is 933 Å². The number of nitrogens with one attached hydrogen (secondary N) is 6. The first-order valence-electron chi connectivity index (χ1n) is 78.1. The van der Waals surface area contributed by atoms with Crippen molar-refractivity contribution in [3.8, 4) is 103 Å². The summed E-state index contributed by atoms with van der Waals surface area (Å²) in [4.78, 5) is 0. The smallest absolute Gasteiger partial charge is 0.231 e. The summed E-state index contributed by atoms with van der Waals surface area (Å²) >= 11 is 0. The highest BCUT2D eigenvalue weighted by Crippen LogP contribution is 2.45. The molecule has 12 aliphatic rings. The molecule has 6 unspecified atom stereocenters. The number of benzene rings is 12. The molecule has 0 radical (unpaired) electrons. The van der Waals surface area contributed by atoms with Crippen LogP contribution < -0.4 is 117 Å². The first-order valence-corrected chi connectivity index (χ1v) is 42.6. The molecule has 30 heteroatoms. The van der Waals surface area contributed by atoms with Crippen molar-refractivity contribution in [3.63, 3.8) is 0 Å². The Kier molecular flexibility index (Phi) is 15.5. The molecule has 24 nitrogen and oxygen atoms in total. The van der Waals surface area contributed by atoms with Gasteiger partial charge >= 0.3 is 0 Å². The Morgan fingerprint density at radius 3 is 0.903 bits per heavy atom. The Bertz CT molecular complexity index is 10100. The predicted octanol–water partition coefficient (Wildman–Crippen LogP) is 20.0. The van der Waals surface area contributed by atoms with E-state index in [1.54, 1.807) is 0 Å². The maximum Gasteiger partial charge on any atom is 0.231 e. The molecule has 0 aromatic heterocycles. The van der Waals surface area contributed by atoms with E-state index in [1.165, 1.54) is 78.9 Å². The average molecular weight is 2050 g/mol. The summed E-state index contributed by atoms with van der Waals surface area (Å²) in [6.45, 7) is -49.3. The maximum absolute atomic E-state index is 14.3. The Balaban J connectivity index is 0.000000152. The van der Waals surface area contributed by atoms with Gasteiger partial charge in [0.2, 0.25) is 40.5 Å². The van der Waals surface area contributed by atoms with E-state index in [2.05, 4.69) is 26.6 Å². The topological polar surface area (TPSA) is 238 Å². The number of piperidine rings is 6. The third kappa shape index (κ3) is 26.5. The molecule has 12 aromatic rings. The van der Waals surface area contributed by atoms with Gasteiger partial charge in [0.05, 0.1) is 77.9 Å². The minimum Gasteiger partial charge on any atom is -0.493 e. The molecule has 12 aromatic carbocycles. The van der Waals surface area contributed by atoms with E-state index in [0.717, 1.165) is 30.3 Å². The molecule has 6 fully saturated rings. The van der Waals surface area contributed by atoms with Crippen LogP contribution in [0.3, 0.4) is 0 Å². The van der Waals surface area contributed by atoms with E-state index in [1.807, 2.05) is 5.32 Å². The van der Waals surface area contributed by atoms with Crippen LogP contribution in [0.4, 0.5) is 26.3 Å². The molecule has 0 bridgehead atoms. The first kappa shape index (κ1) is 45.3. The fourth-order valence-corrected chi connectivity index (χ4v) is 13.8. The minimum atomic E-state index is -3.73. The molecule has 0 saturated carbocycles. The average Bonchev–Trinajstić information content (AvgIpc) is 0.913. The molecular weight excluding hydrogens is 1860 g/mol. The second-order valence-corrected chi connectivity index (χ2v) is 29.9. The summed E-state index contributed by atoms with van der Waals surface area (Å²) in [7, 11) is 0. The van der Waals surface area contributed by atoms with Crippen molar-refractivity contribution < 1.29 is 209 Å². The number of hydrogen-bond acceptors (Lipinski definition) is 24. The molecule has 144 heavy (non-hydrogen) atoms. The quantitative estimate of drug-likeness (QED) is 0.0308. The molecule has 12 heterocycles. The maximum atomic E-state index is 14.3. The standard InChI is InChI=1S/6C19H20FNO3/c6*20-15-3-1-13(2-4-15)17-7-8-21-10-14(17)11-22-16-5-6-18-19(9-16)24-12-23-18/h6*1-6,9,14,17,21H,7-8,10-12H2/t6*14?,17-/m000000/s1/i1D,2D,3D,4D,7D2,10D2,11D2,12D2,14D,17D;1D,2D,3D,4D,7D2,10D2,12D2,14D,17D;1D,2D,3D,4D,7D2,10D2,11D2,12D2,17D;1D,2D,3D,4D,8D2,10D2,12D2,14D;1D,2D,3D,4D,7D2,10D2,12D2,17D;1D,2D,3D,4D,8D2,10D2,12D2. The van der Waals surface area contributed by atoms with Gasteiger partial charge in [-0.3, -0.25) is 0 Å². The van der Waals surface area contributed by atoms with Crippen molar-refractivity contribution >= 4 is 0 Å². The van der Waals surface area contributed by atoms with E-state index in [4.69, 9.17) is 183 Å². The molecule has 0 spiro atoms. The SMILES string of the molecule is [2H]c1c([2H])c([C@@H]2CC([2H])([2H])NC([2H])([2H])C2([2H])COc2ccc3c(c2)OC([2H])([2H])O3)c([2H])c([2H])c1F.[2H]c1c([2H])c([C@@H]2CC([2H])([2H])NC([2H])([2H])C2COc2ccc3c(c2)OC([2H])([2H])O3)c([2H])c([2H])c1F.[2H]c1c([2H])c([C@@]2([2H])C(C([2H])([2H])Oc3ccc4c(c3)OC([2H])([2H])O4)C([2H])([2H])NCC2([2H])[2H])c([2H])c([2H])c1F.[2H]c1c([2H])c([C@@]2([2H])C(COc3ccc4c(c3)OC([2H])([2H])O4)C([2H])([2H])NCC2([2H])[2H])c([2H])c([2H])c1F.[2H]c1c([2H])c([C@]2([2H])C([2H])([2H])CNC([2H])([2H])C2([2H])C([2H])([2H])Oc2ccc3c(c2)OC([2H])([2H])O3)c([2H])c([2H])c1F.[2H]c1c([2H])c([C@]2([2H])C([2H])([2H])CNC([2H])([2H])C2([2H])COc2ccc3c(c2)OC([2H])([2H])O3)c([2H])c([2H])c1F. The fourth-order valence-electron chi connectivity index (χ4n) is 13.8. The van der Waals surface area contributed by atoms with E-state index in [-0.39, 0.29) is 110 Å². The summed E-state index contributed by atoms with van der Waals surface area (Å²) in [6.07, 6.45) is -12.6. The van der Waals surface area contributed by atoms with E-state index >= 15 is 0 Å². The van der Waals surface area contributed by atoms with E-state index in [9.17, 15) is 26.3 Å². The highest BCUT2D eigenvalue weighted by Gasteiger charge is 2.35.